The van der Waals surface area contributed by atoms with Gasteiger partial charge in [0, 0.05) is 32.6 Å². The van der Waals surface area contributed by atoms with Gasteiger partial charge in [-0.15, -0.1) is 0 Å². The fourth-order valence-corrected chi connectivity index (χ4v) is 4.53. The Labute approximate surface area is 201 Å². The molecule has 0 aliphatic carbocycles. The summed E-state index contributed by atoms with van der Waals surface area (Å²) in [5.41, 5.74) is 2.89. The highest BCUT2D eigenvalue weighted by Gasteiger charge is 2.20. The lowest BCUT2D eigenvalue weighted by Gasteiger charge is -2.18. The summed E-state index contributed by atoms with van der Waals surface area (Å²) in [6, 6.07) is 10.2. The van der Waals surface area contributed by atoms with Crippen LogP contribution in [0.2, 0.25) is 0 Å². The van der Waals surface area contributed by atoms with E-state index in [9.17, 15) is 19.5 Å². The predicted molar refractivity (Wildman–Crippen MR) is 129 cm³/mol. The van der Waals surface area contributed by atoms with Crippen LogP contribution in [0.1, 0.15) is 11.1 Å². The third-order valence-electron chi connectivity index (χ3n) is 5.43. The zero-order valence-electron chi connectivity index (χ0n) is 17.8. The van der Waals surface area contributed by atoms with E-state index in [1.807, 2.05) is 30.3 Å². The number of carbonyl (C=O) groups excluding carboxylic acids is 2. The number of benzene rings is 2. The zero-order chi connectivity index (χ0) is 23.7. The number of amides is 1. The van der Waals surface area contributed by atoms with Gasteiger partial charge in [-0.1, -0.05) is 28.1 Å². The first-order chi connectivity index (χ1) is 15.8. The molecule has 7 nitrogen and oxygen atoms in total. The summed E-state index contributed by atoms with van der Waals surface area (Å²) in [6.07, 6.45) is 3.08. The smallest absolute Gasteiger partial charge is 0.340 e. The van der Waals surface area contributed by atoms with Crippen LogP contribution in [0.15, 0.2) is 60.8 Å². The Morgan fingerprint density at radius 1 is 1.15 bits per heavy atom. The Balaban J connectivity index is 1.74. The number of furan rings is 1. The largest absolute Gasteiger partial charge is 0.548 e. The number of halogens is 1. The minimum Gasteiger partial charge on any atom is -0.548 e. The van der Waals surface area contributed by atoms with Crippen LogP contribution in [0.3, 0.4) is 0 Å². The number of carboxylic acid groups (broad SMARTS) is 1. The zero-order valence-corrected chi connectivity index (χ0v) is 20.2. The molecule has 0 saturated carbocycles. The van der Waals surface area contributed by atoms with E-state index in [4.69, 9.17) is 8.83 Å². The maximum Gasteiger partial charge on any atom is 0.340 e. The van der Waals surface area contributed by atoms with Crippen molar-refractivity contribution in [3.8, 4) is 11.1 Å². The second kappa shape index (κ2) is 9.44. The van der Waals surface area contributed by atoms with Crippen LogP contribution in [-0.4, -0.2) is 29.9 Å². The van der Waals surface area contributed by atoms with Gasteiger partial charge in [-0.3, -0.25) is 4.79 Å². The fourth-order valence-electron chi connectivity index (χ4n) is 3.71. The molecular weight excluding hydrogens is 510 g/mol. The second-order valence-electron chi connectivity index (χ2n) is 7.57. The Hall–Kier alpha value is -3.04. The van der Waals surface area contributed by atoms with E-state index in [-0.39, 0.29) is 17.7 Å². The first kappa shape index (κ1) is 23.1. The number of aliphatic carboxylic acids is 1. The molecule has 0 spiro atoms. The van der Waals surface area contributed by atoms with Crippen LogP contribution >= 0.6 is 27.7 Å². The topological polar surface area (TPSA) is 113 Å². The number of hydrogen-bond donors (Lipinski definition) is 1. The summed E-state index contributed by atoms with van der Waals surface area (Å²) in [5.74, 6) is -1.80. The van der Waals surface area contributed by atoms with Crippen LogP contribution in [-0.2, 0) is 16.0 Å². The van der Waals surface area contributed by atoms with Gasteiger partial charge in [0.25, 0.3) is 0 Å². The number of thioether (sulfide) groups is 1. The van der Waals surface area contributed by atoms with Gasteiger partial charge in [-0.25, -0.2) is 4.79 Å². The van der Waals surface area contributed by atoms with Gasteiger partial charge >= 0.3 is 5.63 Å². The van der Waals surface area contributed by atoms with Crippen molar-refractivity contribution in [3.63, 3.8) is 0 Å². The number of fused-ring (bicyclic) bond motifs is 2. The molecule has 170 valence electrons. The molecule has 4 rings (SSSR count). The van der Waals surface area contributed by atoms with Gasteiger partial charge in [0.1, 0.15) is 11.2 Å². The molecule has 4 aromatic rings. The van der Waals surface area contributed by atoms with E-state index >= 15 is 0 Å². The monoisotopic (exact) mass is 528 g/mol. The molecule has 0 fully saturated rings. The second-order valence-corrected chi connectivity index (χ2v) is 9.39. The van der Waals surface area contributed by atoms with Crippen molar-refractivity contribution in [2.45, 2.75) is 19.4 Å². The fraction of sp³-hybridized carbons (Fsp3) is 0.208. The highest BCUT2D eigenvalue weighted by molar-refractivity contribution is 9.10. The number of hydrogen-bond acceptors (Lipinski definition) is 7. The van der Waals surface area contributed by atoms with E-state index in [1.54, 1.807) is 25.5 Å². The lowest BCUT2D eigenvalue weighted by Crippen LogP contribution is -2.50. The molecule has 0 unspecified atom stereocenters. The van der Waals surface area contributed by atoms with Crippen LogP contribution in [0, 0.1) is 6.92 Å². The Kier molecular flexibility index (Phi) is 6.62. The van der Waals surface area contributed by atoms with Crippen molar-refractivity contribution in [2.24, 2.45) is 0 Å². The maximum atomic E-state index is 12.6. The number of carboxylic acids is 1. The van der Waals surface area contributed by atoms with Crippen molar-refractivity contribution in [1.29, 1.82) is 0 Å². The van der Waals surface area contributed by atoms with Crippen molar-refractivity contribution < 1.29 is 23.5 Å². The summed E-state index contributed by atoms with van der Waals surface area (Å²) in [7, 11) is 0. The van der Waals surface area contributed by atoms with E-state index in [2.05, 4.69) is 21.2 Å². The Morgan fingerprint density at radius 2 is 1.88 bits per heavy atom. The number of rotatable bonds is 7. The molecule has 2 aromatic heterocycles. The average Bonchev–Trinajstić information content (AvgIpc) is 3.18. The molecule has 1 amide bonds. The summed E-state index contributed by atoms with van der Waals surface area (Å²) < 4.78 is 12.1. The SMILES string of the molecule is CSC[C@H](NC(=O)Cc1c(C)c2cc3c(-c4ccc(Br)cc4)coc3cc2oc1=O)C(=O)[O-]. The molecule has 0 aliphatic rings. The van der Waals surface area contributed by atoms with Crippen molar-refractivity contribution in [1.82, 2.24) is 5.32 Å². The minimum atomic E-state index is -1.37. The molecule has 0 aliphatic heterocycles. The van der Waals surface area contributed by atoms with E-state index in [0.29, 0.717) is 22.1 Å². The van der Waals surface area contributed by atoms with Crippen molar-refractivity contribution in [3.05, 3.63) is 68.7 Å². The number of nitrogens with one attached hydrogen (secondary N) is 1. The summed E-state index contributed by atoms with van der Waals surface area (Å²) >= 11 is 4.70. The predicted octanol–water partition coefficient (Wildman–Crippen LogP) is 3.42. The molecule has 33 heavy (non-hydrogen) atoms. The van der Waals surface area contributed by atoms with Crippen LogP contribution in [0.4, 0.5) is 0 Å². The van der Waals surface area contributed by atoms with E-state index < -0.39 is 23.5 Å². The van der Waals surface area contributed by atoms with E-state index in [0.717, 1.165) is 21.0 Å². The quantitative estimate of drug-likeness (QED) is 0.365. The molecule has 1 N–H and O–H groups in total. The Bertz CT molecular complexity index is 1420. The van der Waals surface area contributed by atoms with Gasteiger partial charge in [0.05, 0.1) is 30.3 Å². The summed E-state index contributed by atoms with van der Waals surface area (Å²) in [6.45, 7) is 1.74. The normalized spacial score (nSPS) is 12.2. The standard InChI is InChI=1S/C24H20BrNO6S/c1-12-15-7-17-18(13-3-5-14(25)6-4-13)10-31-20(17)9-21(15)32-24(30)16(12)8-22(27)26-19(11-33-2)23(28)29/h3-7,9-10,19H,8,11H2,1-2H3,(H,26,27)(H,28,29)/p-1/t19-/m0/s1. The van der Waals surface area contributed by atoms with Gasteiger partial charge in [-0.2, -0.15) is 11.8 Å². The van der Waals surface area contributed by atoms with Crippen LogP contribution in [0.25, 0.3) is 33.1 Å². The molecule has 2 aromatic carbocycles. The molecule has 0 bridgehead atoms. The van der Waals surface area contributed by atoms with Gasteiger partial charge < -0.3 is 24.1 Å². The van der Waals surface area contributed by atoms with Crippen molar-refractivity contribution >= 4 is 61.5 Å². The highest BCUT2D eigenvalue weighted by atomic mass is 79.9. The molecule has 0 radical (unpaired) electrons. The first-order valence-electron chi connectivity index (χ1n) is 10.0. The summed E-state index contributed by atoms with van der Waals surface area (Å²) in [5, 5.41) is 15.1. The van der Waals surface area contributed by atoms with E-state index in [1.165, 1.54) is 11.8 Å². The molecule has 2 heterocycles. The van der Waals surface area contributed by atoms with Crippen molar-refractivity contribution in [2.75, 3.05) is 12.0 Å². The molecule has 1 atom stereocenters. The molecule has 9 heteroatoms. The van der Waals surface area contributed by atoms with Crippen LogP contribution < -0.4 is 16.0 Å². The summed E-state index contributed by atoms with van der Waals surface area (Å²) in [4.78, 5) is 36.3. The average molecular weight is 529 g/mol. The molecular formula is C24H19BrNO6S-. The maximum absolute atomic E-state index is 12.6. The third-order valence-corrected chi connectivity index (χ3v) is 6.62. The highest BCUT2D eigenvalue weighted by Crippen LogP contribution is 2.35. The lowest BCUT2D eigenvalue weighted by molar-refractivity contribution is -0.307. The number of aryl methyl sites for hydroxylation is 1. The molecule has 0 saturated heterocycles. The third kappa shape index (κ3) is 4.69. The first-order valence-corrected chi connectivity index (χ1v) is 12.2. The lowest BCUT2D eigenvalue weighted by atomic mass is 9.99. The number of carbonyl (C=O) groups is 2. The Morgan fingerprint density at radius 3 is 2.55 bits per heavy atom. The van der Waals surface area contributed by atoms with Crippen LogP contribution in [0.5, 0.6) is 0 Å². The minimum absolute atomic E-state index is 0.163. The van der Waals surface area contributed by atoms with Gasteiger partial charge in [0.15, 0.2) is 0 Å². The van der Waals surface area contributed by atoms with Gasteiger partial charge in [0.2, 0.25) is 5.91 Å². The van der Waals surface area contributed by atoms with Gasteiger partial charge in [-0.05, 0) is 42.5 Å².